The molecule has 0 saturated heterocycles. The Morgan fingerprint density at radius 3 is 2.69 bits per heavy atom. The van der Waals surface area contributed by atoms with Crippen LogP contribution in [0.25, 0.3) is 11.1 Å². The van der Waals surface area contributed by atoms with E-state index < -0.39 is 5.82 Å². The summed E-state index contributed by atoms with van der Waals surface area (Å²) in [5.41, 5.74) is 8.69. The molecule has 0 saturated carbocycles. The number of aryl methyl sites for hydroxylation is 1. The second-order valence-electron chi connectivity index (χ2n) is 5.96. The number of nitrogens with one attached hydrogen (secondary N) is 1. The van der Waals surface area contributed by atoms with E-state index in [0.717, 1.165) is 35.7 Å². The fourth-order valence-corrected chi connectivity index (χ4v) is 2.63. The molecule has 0 heterocycles. The Morgan fingerprint density at radius 2 is 2.04 bits per heavy atom. The summed E-state index contributed by atoms with van der Waals surface area (Å²) in [7, 11) is 0. The van der Waals surface area contributed by atoms with Crippen molar-refractivity contribution in [2.45, 2.75) is 25.9 Å². The molecule has 2 aromatic rings. The average molecular weight is 353 g/mol. The molecular weight excluding hydrogens is 329 g/mol. The van der Waals surface area contributed by atoms with E-state index in [1.807, 2.05) is 37.3 Å². The molecule has 5 heteroatoms. The quantitative estimate of drug-likeness (QED) is 0.473. The van der Waals surface area contributed by atoms with Gasteiger partial charge in [-0.05, 0) is 79.7 Å². The molecule has 4 N–H and O–H groups in total. The third-order valence-corrected chi connectivity index (χ3v) is 3.95. The molecule has 2 rings (SSSR count). The first kappa shape index (κ1) is 19.2. The van der Waals surface area contributed by atoms with Crippen molar-refractivity contribution in [2.24, 2.45) is 10.7 Å². The molecule has 4 nitrogen and oxygen atoms in total. The summed E-state index contributed by atoms with van der Waals surface area (Å²) in [6.07, 6.45) is 8.73. The van der Waals surface area contributed by atoms with E-state index in [-0.39, 0.29) is 11.9 Å². The third kappa shape index (κ3) is 5.48. The maximum Gasteiger partial charge on any atom is 0.127 e. The molecule has 0 aliphatic heterocycles. The fourth-order valence-electron chi connectivity index (χ4n) is 2.63. The van der Waals surface area contributed by atoms with Gasteiger partial charge < -0.3 is 16.2 Å². The molecule has 136 valence electrons. The van der Waals surface area contributed by atoms with Gasteiger partial charge in [-0.1, -0.05) is 18.2 Å². The van der Waals surface area contributed by atoms with Crippen molar-refractivity contribution in [3.8, 4) is 16.9 Å². The third-order valence-electron chi connectivity index (χ3n) is 3.95. The predicted molar refractivity (Wildman–Crippen MR) is 107 cm³/mol. The topological polar surface area (TPSA) is 70.6 Å². The summed E-state index contributed by atoms with van der Waals surface area (Å²) >= 11 is 0. The van der Waals surface area contributed by atoms with Crippen LogP contribution in [0.5, 0.6) is 5.75 Å². The van der Waals surface area contributed by atoms with Crippen molar-refractivity contribution in [3.63, 3.8) is 0 Å². The van der Waals surface area contributed by atoms with Gasteiger partial charge in [0, 0.05) is 11.8 Å². The molecule has 0 aliphatic carbocycles. The summed E-state index contributed by atoms with van der Waals surface area (Å²) < 4.78 is 13.5. The van der Waals surface area contributed by atoms with E-state index in [4.69, 9.17) is 5.73 Å². The largest absolute Gasteiger partial charge is 0.508 e. The number of aliphatic imine (C=N–C) groups is 1. The zero-order valence-electron chi connectivity index (χ0n) is 14.8. The minimum Gasteiger partial charge on any atom is -0.508 e. The number of phenols is 1. The molecule has 0 bridgehead atoms. The smallest absolute Gasteiger partial charge is 0.127 e. The van der Waals surface area contributed by atoms with Gasteiger partial charge in [0.1, 0.15) is 17.7 Å². The minimum absolute atomic E-state index is 0.0895. The summed E-state index contributed by atoms with van der Waals surface area (Å²) in [4.78, 5) is 4.13. The number of hydrogen-bond acceptors (Lipinski definition) is 4. The molecule has 1 atom stereocenters. The minimum atomic E-state index is -0.465. The van der Waals surface area contributed by atoms with Crippen molar-refractivity contribution in [1.82, 2.24) is 0 Å². The fraction of sp³-hybridized carbons (Fsp3) is 0.190. The van der Waals surface area contributed by atoms with Gasteiger partial charge in [-0.25, -0.2) is 4.39 Å². The summed E-state index contributed by atoms with van der Waals surface area (Å²) in [5.74, 6) is -0.554. The van der Waals surface area contributed by atoms with E-state index >= 15 is 0 Å². The normalized spacial score (nSPS) is 12.5. The van der Waals surface area contributed by atoms with Crippen LogP contribution in [0.3, 0.4) is 0 Å². The Labute approximate surface area is 153 Å². The number of nitrogens with two attached hydrogens (primary N) is 1. The van der Waals surface area contributed by atoms with Crippen LogP contribution in [0.2, 0.25) is 0 Å². The lowest BCUT2D eigenvalue weighted by Gasteiger charge is -2.17. The lowest BCUT2D eigenvalue weighted by molar-refractivity contribution is 0.469. The number of anilines is 1. The predicted octanol–water partition coefficient (Wildman–Crippen LogP) is 4.75. The number of aromatic hydroxyl groups is 1. The van der Waals surface area contributed by atoms with E-state index in [9.17, 15) is 9.50 Å². The van der Waals surface area contributed by atoms with E-state index in [1.165, 1.54) is 12.3 Å². The van der Waals surface area contributed by atoms with Crippen molar-refractivity contribution >= 4 is 12.4 Å². The maximum absolute atomic E-state index is 13.5. The van der Waals surface area contributed by atoms with Gasteiger partial charge in [-0.3, -0.25) is 4.99 Å². The summed E-state index contributed by atoms with van der Waals surface area (Å²) in [6, 6.07) is 9.79. The zero-order chi connectivity index (χ0) is 18.9. The van der Waals surface area contributed by atoms with Crippen LogP contribution >= 0.6 is 0 Å². The van der Waals surface area contributed by atoms with Crippen LogP contribution in [0.4, 0.5) is 10.1 Å². The molecule has 0 fully saturated rings. The van der Waals surface area contributed by atoms with Gasteiger partial charge in [0.15, 0.2) is 0 Å². The van der Waals surface area contributed by atoms with E-state index in [1.54, 1.807) is 12.1 Å². The maximum atomic E-state index is 13.5. The number of phenolic OH excluding ortho intramolecular Hbond substituents is 1. The zero-order valence-corrected chi connectivity index (χ0v) is 14.8. The highest BCUT2D eigenvalue weighted by Gasteiger charge is 2.09. The lowest BCUT2D eigenvalue weighted by atomic mass is 10.0. The van der Waals surface area contributed by atoms with Crippen LogP contribution in [-0.4, -0.2) is 18.0 Å². The highest BCUT2D eigenvalue weighted by Crippen LogP contribution is 2.28. The average Bonchev–Trinajstić information content (AvgIpc) is 2.61. The number of halogens is 1. The molecule has 0 amide bonds. The van der Waals surface area contributed by atoms with Crippen LogP contribution in [0, 0.1) is 12.7 Å². The molecular formula is C21H24FN3O. The van der Waals surface area contributed by atoms with Gasteiger partial charge in [0.2, 0.25) is 0 Å². The van der Waals surface area contributed by atoms with E-state index in [2.05, 4.69) is 17.0 Å². The Morgan fingerprint density at radius 1 is 1.23 bits per heavy atom. The number of benzene rings is 2. The molecule has 0 radical (unpaired) electrons. The van der Waals surface area contributed by atoms with Crippen LogP contribution < -0.4 is 11.1 Å². The van der Waals surface area contributed by atoms with Gasteiger partial charge in [-0.2, -0.15) is 0 Å². The van der Waals surface area contributed by atoms with Crippen molar-refractivity contribution < 1.29 is 9.50 Å². The van der Waals surface area contributed by atoms with Gasteiger partial charge in [0.25, 0.3) is 0 Å². The molecule has 2 aromatic carbocycles. The summed E-state index contributed by atoms with van der Waals surface area (Å²) in [6.45, 7) is 5.62. The Bertz CT molecular complexity index is 795. The van der Waals surface area contributed by atoms with Crippen molar-refractivity contribution in [3.05, 3.63) is 72.2 Å². The Hall–Kier alpha value is -3.08. The second kappa shape index (κ2) is 9.42. The molecule has 0 spiro atoms. The first-order chi connectivity index (χ1) is 12.5. The molecule has 26 heavy (non-hydrogen) atoms. The Kier molecular flexibility index (Phi) is 6.97. The highest BCUT2D eigenvalue weighted by molar-refractivity contribution is 5.69. The van der Waals surface area contributed by atoms with E-state index in [0.29, 0.717) is 5.56 Å². The van der Waals surface area contributed by atoms with Crippen molar-refractivity contribution in [2.75, 3.05) is 5.32 Å². The van der Waals surface area contributed by atoms with Gasteiger partial charge >= 0.3 is 0 Å². The van der Waals surface area contributed by atoms with Crippen LogP contribution in [0.1, 0.15) is 18.4 Å². The molecule has 1 unspecified atom stereocenters. The first-order valence-corrected chi connectivity index (χ1v) is 8.40. The SMILES string of the molecule is C=NC(CC/C=C\C=C/N)Nc1ccc(-c2cc(O)cc(F)c2)cc1C. The number of hydrogen-bond donors (Lipinski definition) is 3. The van der Waals surface area contributed by atoms with Crippen LogP contribution in [-0.2, 0) is 0 Å². The Balaban J connectivity index is 2.09. The second-order valence-corrected chi connectivity index (χ2v) is 5.96. The van der Waals surface area contributed by atoms with Gasteiger partial charge in [0.05, 0.1) is 0 Å². The van der Waals surface area contributed by atoms with Crippen LogP contribution in [0.15, 0.2) is 65.8 Å². The molecule has 0 aliphatic rings. The molecule has 0 aromatic heterocycles. The van der Waals surface area contributed by atoms with Crippen molar-refractivity contribution in [1.29, 1.82) is 0 Å². The number of nitrogens with zero attached hydrogens (tertiary/aromatic N) is 1. The first-order valence-electron chi connectivity index (χ1n) is 8.40. The standard InChI is InChI=1S/C21H24FN3O/c1-15-11-16(17-12-18(22)14-19(26)13-17)8-9-20(15)25-21(24-2)7-5-3-4-6-10-23/h3-4,6,8-14,21,25-26H,2,5,7,23H2,1H3/b4-3-,10-6-. The monoisotopic (exact) mass is 353 g/mol. The lowest BCUT2D eigenvalue weighted by Crippen LogP contribution is -2.16. The summed E-state index contributed by atoms with van der Waals surface area (Å²) in [5, 5.41) is 12.9. The number of allylic oxidation sites excluding steroid dienone is 3. The van der Waals surface area contributed by atoms with Gasteiger partial charge in [-0.15, -0.1) is 0 Å². The highest BCUT2D eigenvalue weighted by atomic mass is 19.1. The number of rotatable bonds is 8.